The van der Waals surface area contributed by atoms with Crippen LogP contribution in [0.2, 0.25) is 0 Å². The highest BCUT2D eigenvalue weighted by Crippen LogP contribution is 2.19. The van der Waals surface area contributed by atoms with Crippen LogP contribution < -0.4 is 0 Å². The van der Waals surface area contributed by atoms with Crippen LogP contribution in [0.1, 0.15) is 26.7 Å². The molecule has 0 spiro atoms. The van der Waals surface area contributed by atoms with Gasteiger partial charge in [0.2, 0.25) is 0 Å². The van der Waals surface area contributed by atoms with Gasteiger partial charge in [-0.2, -0.15) is 0 Å². The Hall–Kier alpha value is -0.770. The van der Waals surface area contributed by atoms with Crippen molar-refractivity contribution in [2.45, 2.75) is 32.7 Å². The van der Waals surface area contributed by atoms with Gasteiger partial charge in [0, 0.05) is 26.7 Å². The molecule has 1 fully saturated rings. The molecule has 1 atom stereocenters. The Morgan fingerprint density at radius 1 is 1.53 bits per heavy atom. The molecule has 0 saturated carbocycles. The first-order valence-electron chi connectivity index (χ1n) is 5.68. The Morgan fingerprint density at radius 3 is 2.73 bits per heavy atom. The van der Waals surface area contributed by atoms with E-state index in [2.05, 4.69) is 13.8 Å². The lowest BCUT2D eigenvalue weighted by Gasteiger charge is -2.19. The molecule has 1 aliphatic rings. The molecule has 4 heteroatoms. The zero-order chi connectivity index (χ0) is 11.4. The summed E-state index contributed by atoms with van der Waals surface area (Å²) in [6, 6.07) is 0.449. The molecule has 1 unspecified atom stereocenters. The fourth-order valence-electron chi connectivity index (χ4n) is 2.06. The van der Waals surface area contributed by atoms with Crippen LogP contribution in [0.5, 0.6) is 0 Å². The third-order valence-corrected chi connectivity index (χ3v) is 2.88. The van der Waals surface area contributed by atoms with E-state index in [9.17, 15) is 4.79 Å². The standard InChI is InChI=1S/C11H22N2O2/c1-9(2)7-10-8-13(5-4-6-14)11(15)12(10)3/h9-10,14H,4-8H2,1-3H3. The van der Waals surface area contributed by atoms with E-state index in [4.69, 9.17) is 5.11 Å². The molecule has 88 valence electrons. The first kappa shape index (κ1) is 12.3. The summed E-state index contributed by atoms with van der Waals surface area (Å²) in [5.74, 6) is 0.614. The molecule has 2 amide bonds. The van der Waals surface area contributed by atoms with Crippen molar-refractivity contribution in [2.75, 3.05) is 26.7 Å². The Morgan fingerprint density at radius 2 is 2.20 bits per heavy atom. The number of carbonyl (C=O) groups is 1. The zero-order valence-electron chi connectivity index (χ0n) is 9.94. The number of hydrogen-bond donors (Lipinski definition) is 1. The lowest BCUT2D eigenvalue weighted by Crippen LogP contribution is -2.32. The highest BCUT2D eigenvalue weighted by molar-refractivity contribution is 5.76. The van der Waals surface area contributed by atoms with Gasteiger partial charge in [0.25, 0.3) is 0 Å². The van der Waals surface area contributed by atoms with Crippen LogP contribution in [0.4, 0.5) is 4.79 Å². The SMILES string of the molecule is CC(C)CC1CN(CCCO)C(=O)N1C. The summed E-state index contributed by atoms with van der Waals surface area (Å²) < 4.78 is 0. The lowest BCUT2D eigenvalue weighted by atomic mass is 10.0. The van der Waals surface area contributed by atoms with E-state index in [1.165, 1.54) is 0 Å². The predicted molar refractivity (Wildman–Crippen MR) is 59.7 cm³/mol. The second kappa shape index (κ2) is 5.35. The molecule has 1 saturated heterocycles. The van der Waals surface area contributed by atoms with Gasteiger partial charge in [-0.3, -0.25) is 0 Å². The number of urea groups is 1. The van der Waals surface area contributed by atoms with E-state index >= 15 is 0 Å². The number of hydrogen-bond acceptors (Lipinski definition) is 2. The van der Waals surface area contributed by atoms with Crippen molar-refractivity contribution in [1.82, 2.24) is 9.80 Å². The summed E-state index contributed by atoms with van der Waals surface area (Å²) in [6.45, 7) is 5.99. The highest BCUT2D eigenvalue weighted by atomic mass is 16.3. The number of amides is 2. The molecule has 0 aromatic carbocycles. The van der Waals surface area contributed by atoms with Gasteiger partial charge in [-0.05, 0) is 18.8 Å². The van der Waals surface area contributed by atoms with Gasteiger partial charge in [-0.1, -0.05) is 13.8 Å². The molecule has 1 aliphatic heterocycles. The Balaban J connectivity index is 2.47. The number of carbonyl (C=O) groups excluding carboxylic acids is 1. The number of rotatable bonds is 5. The smallest absolute Gasteiger partial charge is 0.320 e. The van der Waals surface area contributed by atoms with Crippen LogP contribution in [-0.2, 0) is 0 Å². The minimum Gasteiger partial charge on any atom is -0.396 e. The third-order valence-electron chi connectivity index (χ3n) is 2.88. The quantitative estimate of drug-likeness (QED) is 0.746. The van der Waals surface area contributed by atoms with Crippen molar-refractivity contribution in [1.29, 1.82) is 0 Å². The molecule has 0 bridgehead atoms. The van der Waals surface area contributed by atoms with Crippen molar-refractivity contribution >= 4 is 6.03 Å². The van der Waals surface area contributed by atoms with Gasteiger partial charge in [0.15, 0.2) is 0 Å². The van der Waals surface area contributed by atoms with E-state index in [-0.39, 0.29) is 12.6 Å². The van der Waals surface area contributed by atoms with Gasteiger partial charge in [0.05, 0.1) is 6.04 Å². The Labute approximate surface area is 91.9 Å². The van der Waals surface area contributed by atoms with Crippen LogP contribution in [0.3, 0.4) is 0 Å². The molecule has 1 rings (SSSR count). The largest absolute Gasteiger partial charge is 0.396 e. The summed E-state index contributed by atoms with van der Waals surface area (Å²) in [5.41, 5.74) is 0. The van der Waals surface area contributed by atoms with E-state index in [0.717, 1.165) is 13.0 Å². The molecule has 15 heavy (non-hydrogen) atoms. The summed E-state index contributed by atoms with van der Waals surface area (Å²) >= 11 is 0. The normalized spacial score (nSPS) is 21.9. The first-order chi connectivity index (χ1) is 7.06. The van der Waals surface area contributed by atoms with Crippen LogP contribution in [-0.4, -0.2) is 53.7 Å². The monoisotopic (exact) mass is 214 g/mol. The van der Waals surface area contributed by atoms with Gasteiger partial charge < -0.3 is 14.9 Å². The number of likely N-dealkylation sites (N-methyl/N-ethyl adjacent to an activating group) is 1. The van der Waals surface area contributed by atoms with Crippen molar-refractivity contribution < 1.29 is 9.90 Å². The predicted octanol–water partition coefficient (Wildman–Crippen LogP) is 1.15. The first-order valence-corrected chi connectivity index (χ1v) is 5.68. The molecule has 1 N–H and O–H groups in total. The van der Waals surface area contributed by atoms with Crippen molar-refractivity contribution in [3.05, 3.63) is 0 Å². The van der Waals surface area contributed by atoms with E-state index in [1.807, 2.05) is 16.8 Å². The fourth-order valence-corrected chi connectivity index (χ4v) is 2.06. The van der Waals surface area contributed by atoms with Gasteiger partial charge >= 0.3 is 6.03 Å². The maximum Gasteiger partial charge on any atom is 0.320 e. The van der Waals surface area contributed by atoms with Crippen molar-refractivity contribution in [3.63, 3.8) is 0 Å². The third kappa shape index (κ3) is 3.09. The Kier molecular flexibility index (Phi) is 4.39. The van der Waals surface area contributed by atoms with Crippen LogP contribution >= 0.6 is 0 Å². The maximum absolute atomic E-state index is 11.8. The molecule has 0 aromatic rings. The highest BCUT2D eigenvalue weighted by Gasteiger charge is 2.33. The van der Waals surface area contributed by atoms with Crippen molar-refractivity contribution in [2.24, 2.45) is 5.92 Å². The number of aliphatic hydroxyl groups is 1. The summed E-state index contributed by atoms with van der Waals surface area (Å²) in [4.78, 5) is 15.4. The van der Waals surface area contributed by atoms with Crippen LogP contribution in [0.15, 0.2) is 0 Å². The molecular formula is C11H22N2O2. The average molecular weight is 214 g/mol. The van der Waals surface area contributed by atoms with Gasteiger partial charge in [0.1, 0.15) is 0 Å². The fraction of sp³-hybridized carbons (Fsp3) is 0.909. The number of aliphatic hydroxyl groups excluding tert-OH is 1. The molecule has 0 aromatic heterocycles. The molecular weight excluding hydrogens is 192 g/mol. The van der Waals surface area contributed by atoms with Crippen molar-refractivity contribution in [3.8, 4) is 0 Å². The molecule has 0 radical (unpaired) electrons. The Bertz CT molecular complexity index is 219. The summed E-state index contributed by atoms with van der Waals surface area (Å²) in [5, 5.41) is 8.74. The molecule has 0 aliphatic carbocycles. The minimum absolute atomic E-state index is 0.106. The van der Waals surface area contributed by atoms with E-state index in [0.29, 0.717) is 24.9 Å². The minimum atomic E-state index is 0.106. The molecule has 1 heterocycles. The summed E-state index contributed by atoms with van der Waals surface area (Å²) in [6.07, 6.45) is 1.73. The van der Waals surface area contributed by atoms with Crippen LogP contribution in [0, 0.1) is 5.92 Å². The summed E-state index contributed by atoms with van der Waals surface area (Å²) in [7, 11) is 1.87. The maximum atomic E-state index is 11.8. The average Bonchev–Trinajstić information content (AvgIpc) is 2.42. The number of nitrogens with zero attached hydrogens (tertiary/aromatic N) is 2. The zero-order valence-corrected chi connectivity index (χ0v) is 9.94. The van der Waals surface area contributed by atoms with Gasteiger partial charge in [-0.25, -0.2) is 4.79 Å². The topological polar surface area (TPSA) is 43.8 Å². The molecule has 4 nitrogen and oxygen atoms in total. The van der Waals surface area contributed by atoms with Gasteiger partial charge in [-0.15, -0.1) is 0 Å². The van der Waals surface area contributed by atoms with Crippen LogP contribution in [0.25, 0.3) is 0 Å². The lowest BCUT2D eigenvalue weighted by molar-refractivity contribution is 0.189. The second-order valence-electron chi connectivity index (χ2n) is 4.70. The second-order valence-corrected chi connectivity index (χ2v) is 4.70. The van der Waals surface area contributed by atoms with E-state index < -0.39 is 0 Å². The van der Waals surface area contributed by atoms with E-state index in [1.54, 1.807) is 0 Å².